The zero-order valence-corrected chi connectivity index (χ0v) is 15.3. The zero-order valence-electron chi connectivity index (χ0n) is 14.5. The highest BCUT2D eigenvalue weighted by Crippen LogP contribution is 2.25. The molecule has 1 aliphatic carbocycles. The summed E-state index contributed by atoms with van der Waals surface area (Å²) in [6, 6.07) is 4.98. The van der Waals surface area contributed by atoms with Crippen molar-refractivity contribution in [2.75, 3.05) is 18.8 Å². The van der Waals surface area contributed by atoms with E-state index in [2.05, 4.69) is 15.2 Å². The molecule has 2 aliphatic rings. The van der Waals surface area contributed by atoms with Gasteiger partial charge in [-0.2, -0.15) is 0 Å². The molecule has 2 fully saturated rings. The van der Waals surface area contributed by atoms with Crippen molar-refractivity contribution in [3.05, 3.63) is 24.5 Å². The first kappa shape index (κ1) is 17.7. The van der Waals surface area contributed by atoms with Gasteiger partial charge in [-0.25, -0.2) is 0 Å². The fraction of sp³-hybridized carbons (Fsp3) is 0.684. The van der Waals surface area contributed by atoms with Crippen LogP contribution in [0, 0.1) is 0 Å². The van der Waals surface area contributed by atoms with Gasteiger partial charge in [0.2, 0.25) is 5.91 Å². The third-order valence-corrected chi connectivity index (χ3v) is 6.19. The molecule has 0 aromatic carbocycles. The minimum atomic E-state index is 0.157. The summed E-state index contributed by atoms with van der Waals surface area (Å²) in [4.78, 5) is 20.0. The standard InChI is InChI=1S/C19H29N3OS/c23-19(15-24-18-9-11-20-12-10-18)21-16-6-5-13-22(14-16)17-7-3-1-2-4-8-17/h9-12,16-17H,1-8,13-15H2,(H,21,23)/t16-/m1/s1. The first-order valence-corrected chi connectivity index (χ1v) is 10.4. The normalized spacial score (nSPS) is 23.6. The number of nitrogens with zero attached hydrogens (tertiary/aromatic N) is 2. The minimum absolute atomic E-state index is 0.157. The van der Waals surface area contributed by atoms with E-state index in [4.69, 9.17) is 0 Å². The molecule has 2 heterocycles. The molecule has 1 atom stereocenters. The summed E-state index contributed by atoms with van der Waals surface area (Å²) in [6.07, 6.45) is 14.1. The Bertz CT molecular complexity index is 503. The second-order valence-corrected chi connectivity index (χ2v) is 8.07. The number of aromatic nitrogens is 1. The van der Waals surface area contributed by atoms with E-state index >= 15 is 0 Å². The summed E-state index contributed by atoms with van der Waals surface area (Å²) in [6.45, 7) is 2.25. The van der Waals surface area contributed by atoms with Crippen LogP contribution in [-0.4, -0.2) is 46.7 Å². The average molecular weight is 348 g/mol. The van der Waals surface area contributed by atoms with Crippen molar-refractivity contribution in [3.63, 3.8) is 0 Å². The first-order valence-electron chi connectivity index (χ1n) is 9.37. The van der Waals surface area contributed by atoms with E-state index in [0.717, 1.165) is 23.9 Å². The predicted octanol–water partition coefficient (Wildman–Crippen LogP) is 3.48. The van der Waals surface area contributed by atoms with Crippen LogP contribution in [0.5, 0.6) is 0 Å². The molecule has 1 aliphatic heterocycles. The van der Waals surface area contributed by atoms with Crippen LogP contribution in [0.3, 0.4) is 0 Å². The third kappa shape index (κ3) is 5.49. The highest BCUT2D eigenvalue weighted by atomic mass is 32.2. The quantitative estimate of drug-likeness (QED) is 0.654. The van der Waals surface area contributed by atoms with Crippen molar-refractivity contribution in [1.82, 2.24) is 15.2 Å². The van der Waals surface area contributed by atoms with Gasteiger partial charge in [-0.3, -0.25) is 14.7 Å². The molecule has 1 saturated carbocycles. The molecular formula is C19H29N3OS. The molecule has 132 valence electrons. The zero-order chi connectivity index (χ0) is 16.6. The monoisotopic (exact) mass is 347 g/mol. The average Bonchev–Trinajstić information content (AvgIpc) is 2.91. The van der Waals surface area contributed by atoms with E-state index in [1.807, 2.05) is 12.1 Å². The lowest BCUT2D eigenvalue weighted by atomic mass is 10.00. The number of rotatable bonds is 5. The van der Waals surface area contributed by atoms with E-state index in [1.165, 1.54) is 51.5 Å². The number of thioether (sulfide) groups is 1. The van der Waals surface area contributed by atoms with Crippen molar-refractivity contribution < 1.29 is 4.79 Å². The largest absolute Gasteiger partial charge is 0.351 e. The van der Waals surface area contributed by atoms with Crippen LogP contribution >= 0.6 is 11.8 Å². The van der Waals surface area contributed by atoms with Crippen LogP contribution < -0.4 is 5.32 Å². The first-order chi connectivity index (χ1) is 11.8. The Balaban J connectivity index is 1.43. The summed E-state index contributed by atoms with van der Waals surface area (Å²) in [7, 11) is 0. The number of piperidine rings is 1. The van der Waals surface area contributed by atoms with Gasteiger partial charge in [-0.1, -0.05) is 25.7 Å². The topological polar surface area (TPSA) is 45.2 Å². The van der Waals surface area contributed by atoms with Gasteiger partial charge in [-0.05, 0) is 44.4 Å². The number of amides is 1. The number of hydrogen-bond donors (Lipinski definition) is 1. The second-order valence-electron chi connectivity index (χ2n) is 7.02. The molecule has 1 saturated heterocycles. The number of carbonyl (C=O) groups is 1. The Hall–Kier alpha value is -1.07. The number of nitrogens with one attached hydrogen (secondary N) is 1. The van der Waals surface area contributed by atoms with Crippen LogP contribution in [0.25, 0.3) is 0 Å². The van der Waals surface area contributed by atoms with Crippen molar-refractivity contribution in [1.29, 1.82) is 0 Å². The number of hydrogen-bond acceptors (Lipinski definition) is 4. The van der Waals surface area contributed by atoms with E-state index < -0.39 is 0 Å². The van der Waals surface area contributed by atoms with Crippen molar-refractivity contribution >= 4 is 17.7 Å². The van der Waals surface area contributed by atoms with Gasteiger partial charge >= 0.3 is 0 Å². The summed E-state index contributed by atoms with van der Waals surface area (Å²) in [5.74, 6) is 0.647. The van der Waals surface area contributed by atoms with Gasteiger partial charge in [0.05, 0.1) is 5.75 Å². The maximum Gasteiger partial charge on any atom is 0.230 e. The third-order valence-electron chi connectivity index (χ3n) is 5.18. The molecule has 0 spiro atoms. The Morgan fingerprint density at radius 1 is 1.12 bits per heavy atom. The molecule has 4 nitrogen and oxygen atoms in total. The molecule has 0 radical (unpaired) electrons. The molecule has 1 aromatic rings. The molecule has 1 amide bonds. The summed E-state index contributed by atoms with van der Waals surface area (Å²) < 4.78 is 0. The van der Waals surface area contributed by atoms with Crippen LogP contribution in [0.15, 0.2) is 29.4 Å². The molecule has 0 unspecified atom stereocenters. The molecule has 24 heavy (non-hydrogen) atoms. The van der Waals surface area contributed by atoms with Gasteiger partial charge in [0.15, 0.2) is 0 Å². The number of pyridine rings is 1. The molecule has 3 rings (SSSR count). The minimum Gasteiger partial charge on any atom is -0.351 e. The highest BCUT2D eigenvalue weighted by molar-refractivity contribution is 8.00. The molecular weight excluding hydrogens is 318 g/mol. The highest BCUT2D eigenvalue weighted by Gasteiger charge is 2.27. The number of likely N-dealkylation sites (tertiary alicyclic amines) is 1. The summed E-state index contributed by atoms with van der Waals surface area (Å²) >= 11 is 1.58. The van der Waals surface area contributed by atoms with Gasteiger partial charge in [0, 0.05) is 35.9 Å². The summed E-state index contributed by atoms with van der Waals surface area (Å²) in [5.41, 5.74) is 0. The Morgan fingerprint density at radius 3 is 2.62 bits per heavy atom. The predicted molar refractivity (Wildman–Crippen MR) is 99.2 cm³/mol. The maximum absolute atomic E-state index is 12.3. The smallest absolute Gasteiger partial charge is 0.230 e. The Kier molecular flexibility index (Phi) is 6.97. The van der Waals surface area contributed by atoms with Gasteiger partial charge < -0.3 is 5.32 Å². The van der Waals surface area contributed by atoms with E-state index in [0.29, 0.717) is 11.8 Å². The molecule has 5 heteroatoms. The summed E-state index contributed by atoms with van der Waals surface area (Å²) in [5, 5.41) is 3.26. The fourth-order valence-corrected chi connectivity index (χ4v) is 4.63. The van der Waals surface area contributed by atoms with Gasteiger partial charge in [0.1, 0.15) is 0 Å². The van der Waals surface area contributed by atoms with E-state index in [-0.39, 0.29) is 5.91 Å². The molecule has 0 bridgehead atoms. The maximum atomic E-state index is 12.3. The van der Waals surface area contributed by atoms with Crippen molar-refractivity contribution in [3.8, 4) is 0 Å². The van der Waals surface area contributed by atoms with Crippen LogP contribution in [-0.2, 0) is 4.79 Å². The van der Waals surface area contributed by atoms with Gasteiger partial charge in [0.25, 0.3) is 0 Å². The molecule has 1 aromatic heterocycles. The van der Waals surface area contributed by atoms with Crippen LogP contribution in [0.4, 0.5) is 0 Å². The SMILES string of the molecule is O=C(CSc1ccncc1)N[C@@H]1CCCN(C2CCCCCC2)C1. The lowest BCUT2D eigenvalue weighted by molar-refractivity contribution is -0.119. The molecule has 1 N–H and O–H groups in total. The number of carbonyl (C=O) groups excluding carboxylic acids is 1. The van der Waals surface area contributed by atoms with Crippen LogP contribution in [0.2, 0.25) is 0 Å². The van der Waals surface area contributed by atoms with E-state index in [1.54, 1.807) is 24.2 Å². The fourth-order valence-electron chi connectivity index (χ4n) is 3.93. The van der Waals surface area contributed by atoms with Crippen LogP contribution in [0.1, 0.15) is 51.4 Å². The van der Waals surface area contributed by atoms with E-state index in [9.17, 15) is 4.79 Å². The lowest BCUT2D eigenvalue weighted by Gasteiger charge is -2.38. The second kappa shape index (κ2) is 9.42. The van der Waals surface area contributed by atoms with Crippen molar-refractivity contribution in [2.24, 2.45) is 0 Å². The van der Waals surface area contributed by atoms with Crippen molar-refractivity contribution in [2.45, 2.75) is 68.3 Å². The Labute approximate surface area is 149 Å². The van der Waals surface area contributed by atoms with Gasteiger partial charge in [-0.15, -0.1) is 11.8 Å². The Morgan fingerprint density at radius 2 is 1.88 bits per heavy atom. The lowest BCUT2D eigenvalue weighted by Crippen LogP contribution is -2.51.